The molecule has 2 aromatic carbocycles. The molecular weight excluding hydrogens is 416 g/mol. The number of carbonyl (C=O) groups excluding carboxylic acids is 1. The van der Waals surface area contributed by atoms with Crippen molar-refractivity contribution >= 4 is 29.2 Å². The van der Waals surface area contributed by atoms with Crippen molar-refractivity contribution in [3.8, 4) is 17.6 Å². The van der Waals surface area contributed by atoms with Crippen LogP contribution in [0.25, 0.3) is 0 Å². The maximum Gasteiger partial charge on any atom is 0.311 e. The van der Waals surface area contributed by atoms with E-state index in [1.807, 2.05) is 26.0 Å². The molecule has 0 aromatic heterocycles. The predicted molar refractivity (Wildman–Crippen MR) is 108 cm³/mol. The van der Waals surface area contributed by atoms with E-state index in [9.17, 15) is 14.4 Å². The van der Waals surface area contributed by atoms with Crippen molar-refractivity contribution in [2.24, 2.45) is 17.3 Å². The molecule has 150 valence electrons. The zero-order chi connectivity index (χ0) is 21.2. The molecule has 7 heteroatoms. The summed E-state index contributed by atoms with van der Waals surface area (Å²) in [4.78, 5) is 12.6. The number of nitrogens with zero attached hydrogens (tertiary/aromatic N) is 1. The topological polar surface area (TPSA) is 59.3 Å². The molecule has 0 radical (unpaired) electrons. The summed E-state index contributed by atoms with van der Waals surface area (Å²) in [7, 11) is 0. The minimum atomic E-state index is -1.20. The number of rotatable bonds is 6. The molecule has 1 saturated carbocycles. The van der Waals surface area contributed by atoms with Gasteiger partial charge in [0, 0.05) is 5.56 Å². The van der Waals surface area contributed by atoms with Crippen LogP contribution in [0.15, 0.2) is 59.1 Å². The summed E-state index contributed by atoms with van der Waals surface area (Å²) in [5.41, 5.74) is -0.0645. The van der Waals surface area contributed by atoms with Crippen LogP contribution in [0, 0.1) is 34.4 Å². The first-order valence-corrected chi connectivity index (χ1v) is 9.65. The number of ether oxygens (including phenoxy) is 2. The van der Waals surface area contributed by atoms with Gasteiger partial charge in [-0.25, -0.2) is 4.39 Å². The van der Waals surface area contributed by atoms with Crippen LogP contribution < -0.4 is 4.74 Å². The molecule has 0 N–H and O–H groups in total. The lowest BCUT2D eigenvalue weighted by Crippen LogP contribution is -2.14. The molecule has 1 aliphatic rings. The zero-order valence-electron chi connectivity index (χ0n) is 15.7. The standard InChI is InChI=1S/C22H18Cl2FNO3/c1-22(2)15(11-19(23)24)20(22)21(27)29-18(12-26)13-8-9-16(25)17(10-13)28-14-6-4-3-5-7-14/h3-11,15,18,20H,1-2H3/t15-,18-,20-/m0/s1. The van der Waals surface area contributed by atoms with Crippen LogP contribution in [-0.2, 0) is 9.53 Å². The Morgan fingerprint density at radius 2 is 1.93 bits per heavy atom. The Hall–Kier alpha value is -2.55. The van der Waals surface area contributed by atoms with E-state index in [4.69, 9.17) is 32.7 Å². The van der Waals surface area contributed by atoms with Gasteiger partial charge in [0.25, 0.3) is 0 Å². The Bertz CT molecular complexity index is 981. The fourth-order valence-corrected chi connectivity index (χ4v) is 3.58. The van der Waals surface area contributed by atoms with Crippen molar-refractivity contribution in [2.75, 3.05) is 0 Å². The van der Waals surface area contributed by atoms with Gasteiger partial charge in [-0.3, -0.25) is 4.79 Å². The van der Waals surface area contributed by atoms with Crippen LogP contribution in [0.1, 0.15) is 25.5 Å². The highest BCUT2D eigenvalue weighted by molar-refractivity contribution is 6.55. The quantitative estimate of drug-likeness (QED) is 0.500. The molecule has 4 nitrogen and oxygen atoms in total. The summed E-state index contributed by atoms with van der Waals surface area (Å²) in [5.74, 6) is -1.39. The first-order chi connectivity index (χ1) is 13.7. The van der Waals surface area contributed by atoms with Gasteiger partial charge in [-0.05, 0) is 41.7 Å². The molecule has 1 aliphatic carbocycles. The molecule has 0 saturated heterocycles. The smallest absolute Gasteiger partial charge is 0.311 e. The second-order valence-electron chi connectivity index (χ2n) is 7.33. The van der Waals surface area contributed by atoms with Crippen molar-refractivity contribution in [1.82, 2.24) is 0 Å². The van der Waals surface area contributed by atoms with Gasteiger partial charge < -0.3 is 9.47 Å². The van der Waals surface area contributed by atoms with Crippen LogP contribution >= 0.6 is 23.2 Å². The molecule has 0 bridgehead atoms. The molecule has 1 fully saturated rings. The van der Waals surface area contributed by atoms with Gasteiger partial charge in [-0.2, -0.15) is 5.26 Å². The summed E-state index contributed by atoms with van der Waals surface area (Å²) in [6.07, 6.45) is 0.397. The van der Waals surface area contributed by atoms with Crippen LogP contribution in [-0.4, -0.2) is 5.97 Å². The summed E-state index contributed by atoms with van der Waals surface area (Å²) in [6, 6.07) is 14.5. The van der Waals surface area contributed by atoms with E-state index in [-0.39, 0.29) is 21.6 Å². The van der Waals surface area contributed by atoms with Crippen molar-refractivity contribution in [1.29, 1.82) is 5.26 Å². The third kappa shape index (κ3) is 4.72. The highest BCUT2D eigenvalue weighted by atomic mass is 35.5. The van der Waals surface area contributed by atoms with Crippen molar-refractivity contribution in [3.63, 3.8) is 0 Å². The van der Waals surface area contributed by atoms with Gasteiger partial charge in [0.05, 0.1) is 5.92 Å². The maximum atomic E-state index is 14.2. The number of hydrogen-bond donors (Lipinski definition) is 0. The molecule has 0 spiro atoms. The van der Waals surface area contributed by atoms with Gasteiger partial charge in [-0.1, -0.05) is 61.3 Å². The molecule has 0 aliphatic heterocycles. The average Bonchev–Trinajstić information content (AvgIpc) is 3.21. The largest absolute Gasteiger partial charge is 0.454 e. The Morgan fingerprint density at radius 1 is 1.24 bits per heavy atom. The van der Waals surface area contributed by atoms with E-state index in [2.05, 4.69) is 0 Å². The summed E-state index contributed by atoms with van der Waals surface area (Å²) < 4.78 is 25.2. The molecule has 29 heavy (non-hydrogen) atoms. The number of nitriles is 1. The predicted octanol–water partition coefficient (Wildman–Crippen LogP) is 6.32. The SMILES string of the molecule is CC1(C)[C@H](C(=O)O[C@@H](C#N)c2ccc(F)c(Oc3ccccc3)c2)[C@@H]1C=C(Cl)Cl. The number of hydrogen-bond acceptors (Lipinski definition) is 4. The van der Waals surface area contributed by atoms with Crippen molar-refractivity contribution < 1.29 is 18.7 Å². The normalized spacial score (nSPS) is 20.1. The number of halogens is 3. The number of benzene rings is 2. The van der Waals surface area contributed by atoms with Gasteiger partial charge in [0.2, 0.25) is 6.10 Å². The first-order valence-electron chi connectivity index (χ1n) is 8.89. The fraction of sp³-hybridized carbons (Fsp3) is 0.273. The van der Waals surface area contributed by atoms with E-state index in [1.165, 1.54) is 18.2 Å². The lowest BCUT2D eigenvalue weighted by molar-refractivity contribution is -0.149. The monoisotopic (exact) mass is 433 g/mol. The molecule has 3 atom stereocenters. The third-order valence-corrected chi connectivity index (χ3v) is 5.30. The van der Waals surface area contributed by atoms with E-state index < -0.39 is 23.8 Å². The van der Waals surface area contributed by atoms with Crippen LogP contribution in [0.4, 0.5) is 4.39 Å². The second-order valence-corrected chi connectivity index (χ2v) is 8.34. The van der Waals surface area contributed by atoms with Gasteiger partial charge in [0.15, 0.2) is 11.6 Å². The highest BCUT2D eigenvalue weighted by Crippen LogP contribution is 2.60. The molecule has 2 aromatic rings. The highest BCUT2D eigenvalue weighted by Gasteiger charge is 2.62. The minimum Gasteiger partial charge on any atom is -0.454 e. The van der Waals surface area contributed by atoms with Crippen molar-refractivity contribution in [3.05, 3.63) is 70.5 Å². The van der Waals surface area contributed by atoms with Gasteiger partial charge in [-0.15, -0.1) is 0 Å². The van der Waals surface area contributed by atoms with Crippen LogP contribution in [0.2, 0.25) is 0 Å². The molecule has 0 heterocycles. The Kier molecular flexibility index (Phi) is 6.16. The van der Waals surface area contributed by atoms with Gasteiger partial charge >= 0.3 is 5.97 Å². The maximum absolute atomic E-state index is 14.2. The Labute approximate surface area is 178 Å². The van der Waals surface area contributed by atoms with E-state index >= 15 is 0 Å². The molecular formula is C22H18Cl2FNO3. The zero-order valence-corrected chi connectivity index (χ0v) is 17.2. The van der Waals surface area contributed by atoms with E-state index in [0.717, 1.165) is 0 Å². The second kappa shape index (κ2) is 8.44. The van der Waals surface area contributed by atoms with Crippen LogP contribution in [0.3, 0.4) is 0 Å². The van der Waals surface area contributed by atoms with Crippen molar-refractivity contribution in [2.45, 2.75) is 20.0 Å². The summed E-state index contributed by atoms with van der Waals surface area (Å²) in [5, 5.41) is 9.51. The fourth-order valence-electron chi connectivity index (χ4n) is 3.31. The number of carbonyl (C=O) groups is 1. The van der Waals surface area contributed by atoms with Gasteiger partial charge in [0.1, 0.15) is 16.3 Å². The molecule has 0 unspecified atom stereocenters. The molecule has 3 rings (SSSR count). The van der Waals surface area contributed by atoms with E-state index in [1.54, 1.807) is 30.3 Å². The Balaban J connectivity index is 1.77. The van der Waals surface area contributed by atoms with Crippen LogP contribution in [0.5, 0.6) is 11.5 Å². The average molecular weight is 434 g/mol. The molecule has 0 amide bonds. The Morgan fingerprint density at radius 3 is 2.55 bits per heavy atom. The first kappa shape index (κ1) is 21.2. The third-order valence-electron chi connectivity index (χ3n) is 5.05. The number of allylic oxidation sites excluding steroid dienone is 1. The minimum absolute atomic E-state index is 0.0634. The van der Waals surface area contributed by atoms with E-state index in [0.29, 0.717) is 11.3 Å². The summed E-state index contributed by atoms with van der Waals surface area (Å²) >= 11 is 11.4. The summed E-state index contributed by atoms with van der Waals surface area (Å²) in [6.45, 7) is 3.78. The lowest BCUT2D eigenvalue weighted by Gasteiger charge is -2.14. The number of para-hydroxylation sites is 1. The lowest BCUT2D eigenvalue weighted by atomic mass is 10.1. The number of esters is 1.